The molecule has 116 valence electrons. The molecule has 0 atom stereocenters. The first-order valence-corrected chi connectivity index (χ1v) is 6.92. The highest BCUT2D eigenvalue weighted by atomic mass is 16.3. The first-order valence-electron chi connectivity index (χ1n) is 6.92. The maximum atomic E-state index is 12.2. The Morgan fingerprint density at radius 1 is 1.24 bits per heavy atom. The first kappa shape index (κ1) is 15.3. The summed E-state index contributed by atoms with van der Waals surface area (Å²) in [6.07, 6.45) is 0.582. The van der Waals surface area contributed by atoms with Crippen LogP contribution >= 0.6 is 0 Å². The lowest BCUT2D eigenvalue weighted by Crippen LogP contribution is -2.37. The van der Waals surface area contributed by atoms with E-state index in [4.69, 9.17) is 5.11 Å². The van der Waals surface area contributed by atoms with E-state index >= 15 is 0 Å². The van der Waals surface area contributed by atoms with E-state index in [2.05, 4.69) is 10.3 Å². The second-order valence-corrected chi connectivity index (χ2v) is 5.28. The molecule has 21 heavy (non-hydrogen) atoms. The molecule has 0 aliphatic rings. The zero-order chi connectivity index (χ0) is 15.7. The van der Waals surface area contributed by atoms with Gasteiger partial charge in [-0.15, -0.1) is 0 Å². The van der Waals surface area contributed by atoms with E-state index in [1.165, 1.54) is 11.6 Å². The summed E-state index contributed by atoms with van der Waals surface area (Å²) in [4.78, 5) is 28.6. The molecule has 0 aliphatic heterocycles. The molecular formula is C13H21N5O3. The zero-order valence-electron chi connectivity index (χ0n) is 12.8. The molecule has 0 unspecified atom stereocenters. The molecule has 0 saturated carbocycles. The van der Waals surface area contributed by atoms with E-state index < -0.39 is 5.56 Å². The molecule has 0 amide bonds. The van der Waals surface area contributed by atoms with Crippen LogP contribution in [-0.4, -0.2) is 36.9 Å². The van der Waals surface area contributed by atoms with Gasteiger partial charge in [0.1, 0.15) is 0 Å². The van der Waals surface area contributed by atoms with Crippen LogP contribution < -0.4 is 16.6 Å². The largest absolute Gasteiger partial charge is 0.396 e. The summed E-state index contributed by atoms with van der Waals surface area (Å²) in [5.74, 6) is 0.534. The third-order valence-corrected chi connectivity index (χ3v) is 3.42. The van der Waals surface area contributed by atoms with Crippen molar-refractivity contribution in [1.29, 1.82) is 0 Å². The van der Waals surface area contributed by atoms with Crippen molar-refractivity contribution in [2.24, 2.45) is 14.1 Å². The molecule has 2 rings (SSSR count). The van der Waals surface area contributed by atoms with E-state index in [0.717, 1.165) is 4.57 Å². The third-order valence-electron chi connectivity index (χ3n) is 3.42. The number of aromatic nitrogens is 4. The molecule has 0 radical (unpaired) electrons. The van der Waals surface area contributed by atoms with Crippen LogP contribution in [0, 0.1) is 0 Å². The number of anilines is 1. The van der Waals surface area contributed by atoms with Gasteiger partial charge in [-0.25, -0.2) is 9.78 Å². The molecule has 0 bridgehead atoms. The fraction of sp³-hybridized carbons (Fsp3) is 0.615. The average Bonchev–Trinajstić information content (AvgIpc) is 2.83. The Balaban J connectivity index is 2.74. The smallest absolute Gasteiger partial charge is 0.332 e. The van der Waals surface area contributed by atoms with Gasteiger partial charge < -0.3 is 10.4 Å². The maximum absolute atomic E-state index is 12.2. The van der Waals surface area contributed by atoms with Gasteiger partial charge in [-0.3, -0.25) is 18.5 Å². The molecule has 2 N–H and O–H groups in total. The van der Waals surface area contributed by atoms with Crippen LogP contribution in [0.2, 0.25) is 0 Å². The van der Waals surface area contributed by atoms with Gasteiger partial charge in [-0.05, 0) is 20.3 Å². The van der Waals surface area contributed by atoms with Crippen LogP contribution in [0.5, 0.6) is 0 Å². The quantitative estimate of drug-likeness (QED) is 0.746. The molecule has 2 aromatic heterocycles. The van der Waals surface area contributed by atoms with E-state index in [9.17, 15) is 9.59 Å². The number of nitrogens with one attached hydrogen (secondary N) is 1. The topological polar surface area (TPSA) is 94.1 Å². The fourth-order valence-electron chi connectivity index (χ4n) is 2.34. The normalized spacial score (nSPS) is 11.5. The van der Waals surface area contributed by atoms with Crippen LogP contribution in [0.4, 0.5) is 5.95 Å². The Morgan fingerprint density at radius 3 is 2.48 bits per heavy atom. The number of fused-ring (bicyclic) bond motifs is 1. The van der Waals surface area contributed by atoms with Gasteiger partial charge in [0, 0.05) is 33.3 Å². The van der Waals surface area contributed by atoms with E-state index in [1.807, 2.05) is 18.4 Å². The van der Waals surface area contributed by atoms with Gasteiger partial charge in [-0.2, -0.15) is 0 Å². The first-order chi connectivity index (χ1) is 9.90. The predicted molar refractivity (Wildman–Crippen MR) is 80.8 cm³/mol. The number of hydrogen-bond acceptors (Lipinski definition) is 5. The van der Waals surface area contributed by atoms with Gasteiger partial charge in [0.25, 0.3) is 5.56 Å². The SMILES string of the molecule is CC(C)n1c(NCCCO)nc2c(=O)n(C)c(=O)n(C)c21. The summed E-state index contributed by atoms with van der Waals surface area (Å²) in [5.41, 5.74) is -0.0155. The van der Waals surface area contributed by atoms with Gasteiger partial charge >= 0.3 is 5.69 Å². The van der Waals surface area contributed by atoms with Crippen molar-refractivity contribution < 1.29 is 5.11 Å². The van der Waals surface area contributed by atoms with Crippen molar-refractivity contribution in [2.75, 3.05) is 18.5 Å². The second-order valence-electron chi connectivity index (χ2n) is 5.28. The van der Waals surface area contributed by atoms with Crippen molar-refractivity contribution >= 4 is 17.1 Å². The minimum atomic E-state index is -0.405. The highest BCUT2D eigenvalue weighted by Crippen LogP contribution is 2.21. The predicted octanol–water partition coefficient (Wildman–Crippen LogP) is -0.191. The standard InChI is InChI=1S/C13H21N5O3/c1-8(2)18-10-9(15-12(18)14-6-5-7-19)11(20)17(4)13(21)16(10)3/h8,19H,5-7H2,1-4H3,(H,14,15). The minimum absolute atomic E-state index is 0.0318. The molecule has 0 fully saturated rings. The van der Waals surface area contributed by atoms with Gasteiger partial charge in [0.2, 0.25) is 5.95 Å². The molecule has 2 heterocycles. The summed E-state index contributed by atoms with van der Waals surface area (Å²) < 4.78 is 4.31. The van der Waals surface area contributed by atoms with Crippen LogP contribution in [-0.2, 0) is 14.1 Å². The molecule has 2 aromatic rings. The molecule has 8 nitrogen and oxygen atoms in total. The van der Waals surface area contributed by atoms with Crippen LogP contribution in [0.3, 0.4) is 0 Å². The monoisotopic (exact) mass is 295 g/mol. The molecule has 0 aromatic carbocycles. The summed E-state index contributed by atoms with van der Waals surface area (Å²) in [5, 5.41) is 12.0. The number of hydrogen-bond donors (Lipinski definition) is 2. The fourth-order valence-corrected chi connectivity index (χ4v) is 2.34. The molecule has 8 heteroatoms. The Kier molecular flexibility index (Phi) is 4.17. The molecular weight excluding hydrogens is 274 g/mol. The number of aryl methyl sites for hydroxylation is 1. The number of aliphatic hydroxyl groups excluding tert-OH is 1. The lowest BCUT2D eigenvalue weighted by atomic mass is 10.4. The van der Waals surface area contributed by atoms with Gasteiger partial charge in [0.05, 0.1) is 0 Å². The molecule has 0 spiro atoms. The summed E-state index contributed by atoms with van der Waals surface area (Å²) in [6.45, 7) is 4.54. The summed E-state index contributed by atoms with van der Waals surface area (Å²) in [7, 11) is 3.07. The number of imidazole rings is 1. The Hall–Kier alpha value is -2.09. The van der Waals surface area contributed by atoms with Gasteiger partial charge in [-0.1, -0.05) is 0 Å². The van der Waals surface area contributed by atoms with Crippen LogP contribution in [0.1, 0.15) is 26.3 Å². The summed E-state index contributed by atoms with van der Waals surface area (Å²) >= 11 is 0. The van der Waals surface area contributed by atoms with Crippen LogP contribution in [0.25, 0.3) is 11.2 Å². The number of nitrogens with zero attached hydrogens (tertiary/aromatic N) is 4. The highest BCUT2D eigenvalue weighted by molar-refractivity contribution is 5.74. The average molecular weight is 295 g/mol. The minimum Gasteiger partial charge on any atom is -0.396 e. The number of aliphatic hydroxyl groups is 1. The van der Waals surface area contributed by atoms with Crippen molar-refractivity contribution in [3.63, 3.8) is 0 Å². The zero-order valence-corrected chi connectivity index (χ0v) is 12.8. The van der Waals surface area contributed by atoms with E-state index in [1.54, 1.807) is 7.05 Å². The Labute approximate surface area is 121 Å². The lowest BCUT2D eigenvalue weighted by molar-refractivity contribution is 0.292. The molecule has 0 saturated heterocycles. The maximum Gasteiger partial charge on any atom is 0.332 e. The lowest BCUT2D eigenvalue weighted by Gasteiger charge is -2.15. The summed E-state index contributed by atoms with van der Waals surface area (Å²) in [6, 6.07) is 0.0318. The Bertz CT molecular complexity index is 769. The van der Waals surface area contributed by atoms with Crippen LogP contribution in [0.15, 0.2) is 9.59 Å². The Morgan fingerprint density at radius 2 is 1.90 bits per heavy atom. The van der Waals surface area contributed by atoms with E-state index in [-0.39, 0.29) is 23.9 Å². The number of rotatable bonds is 5. The second kappa shape index (κ2) is 5.72. The highest BCUT2D eigenvalue weighted by Gasteiger charge is 2.20. The molecule has 0 aliphatic carbocycles. The third kappa shape index (κ3) is 2.46. The van der Waals surface area contributed by atoms with Crippen molar-refractivity contribution in [3.05, 3.63) is 20.8 Å². The van der Waals surface area contributed by atoms with Crippen molar-refractivity contribution in [1.82, 2.24) is 18.7 Å². The van der Waals surface area contributed by atoms with Gasteiger partial charge in [0.15, 0.2) is 11.2 Å². The van der Waals surface area contributed by atoms with Crippen molar-refractivity contribution in [2.45, 2.75) is 26.3 Å². The van der Waals surface area contributed by atoms with E-state index in [0.29, 0.717) is 24.6 Å². The van der Waals surface area contributed by atoms with Crippen molar-refractivity contribution in [3.8, 4) is 0 Å².